The number of thioether (sulfide) groups is 1. The Morgan fingerprint density at radius 3 is 2.83 bits per heavy atom. The molecule has 0 unspecified atom stereocenters. The fourth-order valence-electron chi connectivity index (χ4n) is 1.23. The molecule has 94 valence electrons. The highest BCUT2D eigenvalue weighted by atomic mass is 32.2. The zero-order chi connectivity index (χ0) is 13.0. The number of aromatic nitrogens is 1. The van der Waals surface area contributed by atoms with Gasteiger partial charge in [-0.25, -0.2) is 15.2 Å². The molecule has 2 rings (SSSR count). The van der Waals surface area contributed by atoms with Crippen molar-refractivity contribution in [2.75, 3.05) is 0 Å². The van der Waals surface area contributed by atoms with Crippen LogP contribution in [0.4, 0.5) is 4.39 Å². The van der Waals surface area contributed by atoms with Crippen molar-refractivity contribution in [2.45, 2.75) is 10.6 Å². The Bertz CT molecular complexity index is 541. The molecule has 7 heteroatoms. The minimum Gasteiger partial charge on any atom is -0.288 e. The Labute approximate surface area is 111 Å². The largest absolute Gasteiger partial charge is 0.294 e. The van der Waals surface area contributed by atoms with Crippen LogP contribution in [0.15, 0.2) is 34.5 Å². The number of nitrogens with one attached hydrogen (secondary N) is 1. The average molecular weight is 283 g/mol. The molecule has 0 saturated heterocycles. The third-order valence-corrected chi connectivity index (χ3v) is 4.01. The highest BCUT2D eigenvalue weighted by Gasteiger charge is 2.09. The molecular weight excluding hydrogens is 273 g/mol. The summed E-state index contributed by atoms with van der Waals surface area (Å²) in [7, 11) is 0. The predicted molar refractivity (Wildman–Crippen MR) is 69.7 cm³/mol. The Balaban J connectivity index is 1.96. The maximum atomic E-state index is 12.7. The third kappa shape index (κ3) is 3.28. The first-order valence-corrected chi connectivity index (χ1v) is 6.89. The molecule has 18 heavy (non-hydrogen) atoms. The van der Waals surface area contributed by atoms with E-state index in [9.17, 15) is 9.18 Å². The van der Waals surface area contributed by atoms with E-state index in [0.29, 0.717) is 10.8 Å². The summed E-state index contributed by atoms with van der Waals surface area (Å²) in [6, 6.07) is 6.24. The summed E-state index contributed by atoms with van der Waals surface area (Å²) in [4.78, 5) is 16.3. The van der Waals surface area contributed by atoms with Gasteiger partial charge in [0, 0.05) is 16.0 Å². The van der Waals surface area contributed by atoms with Gasteiger partial charge in [-0.2, -0.15) is 0 Å². The van der Waals surface area contributed by atoms with Crippen LogP contribution in [0.5, 0.6) is 0 Å². The number of carbonyl (C=O) groups excluding carboxylic acids is 1. The molecule has 2 aromatic rings. The summed E-state index contributed by atoms with van der Waals surface area (Å²) < 4.78 is 12.7. The van der Waals surface area contributed by atoms with Crippen molar-refractivity contribution in [3.63, 3.8) is 0 Å². The number of nitrogen functional groups attached to an aromatic ring is 1. The van der Waals surface area contributed by atoms with E-state index in [1.807, 2.05) is 5.43 Å². The third-order valence-electron chi connectivity index (χ3n) is 2.08. The number of hydrogen-bond acceptors (Lipinski definition) is 5. The normalized spacial score (nSPS) is 10.3. The fraction of sp³-hybridized carbons (Fsp3) is 0.0909. The summed E-state index contributed by atoms with van der Waals surface area (Å²) in [6.45, 7) is 0. The molecule has 4 nitrogen and oxygen atoms in total. The van der Waals surface area contributed by atoms with E-state index in [1.165, 1.54) is 35.2 Å². The lowest BCUT2D eigenvalue weighted by Gasteiger charge is -1.98. The second-order valence-electron chi connectivity index (χ2n) is 3.36. The van der Waals surface area contributed by atoms with Gasteiger partial charge in [0.05, 0.1) is 5.69 Å². The van der Waals surface area contributed by atoms with E-state index in [-0.39, 0.29) is 5.82 Å². The molecule has 1 amide bonds. The number of rotatable bonds is 4. The number of carbonyl (C=O) groups is 1. The fourth-order valence-corrected chi connectivity index (χ4v) is 2.84. The lowest BCUT2D eigenvalue weighted by molar-refractivity contribution is 0.0953. The van der Waals surface area contributed by atoms with Gasteiger partial charge in [-0.1, -0.05) is 0 Å². The lowest BCUT2D eigenvalue weighted by atomic mass is 10.4. The number of hydrogen-bond donors (Lipinski definition) is 2. The van der Waals surface area contributed by atoms with E-state index in [1.54, 1.807) is 17.5 Å². The molecule has 0 radical (unpaired) electrons. The van der Waals surface area contributed by atoms with Crippen molar-refractivity contribution in [1.82, 2.24) is 10.4 Å². The van der Waals surface area contributed by atoms with Crippen LogP contribution in [-0.2, 0) is 5.75 Å². The van der Waals surface area contributed by atoms with Gasteiger partial charge in [0.1, 0.15) is 5.82 Å². The molecule has 0 aliphatic carbocycles. The van der Waals surface area contributed by atoms with Gasteiger partial charge in [0.2, 0.25) is 0 Å². The molecule has 0 aliphatic rings. The van der Waals surface area contributed by atoms with Crippen molar-refractivity contribution < 1.29 is 9.18 Å². The van der Waals surface area contributed by atoms with Crippen LogP contribution in [-0.4, -0.2) is 10.9 Å². The van der Waals surface area contributed by atoms with Crippen molar-refractivity contribution in [1.29, 1.82) is 0 Å². The maximum Gasteiger partial charge on any atom is 0.294 e. The number of amides is 1. The molecule has 0 bridgehead atoms. The SMILES string of the molecule is NNC(=O)c1nc(CSc2ccc(F)cc2)cs1. The zero-order valence-corrected chi connectivity index (χ0v) is 10.9. The van der Waals surface area contributed by atoms with Gasteiger partial charge in [0.25, 0.3) is 5.91 Å². The Morgan fingerprint density at radius 2 is 2.17 bits per heavy atom. The number of hydrazine groups is 1. The number of benzene rings is 1. The summed E-state index contributed by atoms with van der Waals surface area (Å²) in [5.41, 5.74) is 2.83. The van der Waals surface area contributed by atoms with Gasteiger partial charge in [0.15, 0.2) is 5.01 Å². The number of nitrogens with two attached hydrogens (primary N) is 1. The molecule has 1 aromatic carbocycles. The van der Waals surface area contributed by atoms with Gasteiger partial charge in [-0.05, 0) is 24.3 Å². The van der Waals surface area contributed by atoms with Crippen LogP contribution >= 0.6 is 23.1 Å². The summed E-state index contributed by atoms with van der Waals surface area (Å²) in [6.07, 6.45) is 0. The predicted octanol–water partition coefficient (Wildman–Crippen LogP) is 2.18. The number of nitrogens with zero attached hydrogens (tertiary/aromatic N) is 1. The van der Waals surface area contributed by atoms with Crippen LogP contribution in [0.25, 0.3) is 0 Å². The molecule has 0 fully saturated rings. The Hall–Kier alpha value is -1.44. The van der Waals surface area contributed by atoms with Crippen LogP contribution in [0.1, 0.15) is 15.5 Å². The maximum absolute atomic E-state index is 12.7. The summed E-state index contributed by atoms with van der Waals surface area (Å²) in [5.74, 6) is 5.00. The zero-order valence-electron chi connectivity index (χ0n) is 9.22. The van der Waals surface area contributed by atoms with E-state index in [2.05, 4.69) is 4.98 Å². The average Bonchev–Trinajstić information content (AvgIpc) is 2.86. The molecule has 0 aliphatic heterocycles. The highest BCUT2D eigenvalue weighted by Crippen LogP contribution is 2.23. The monoisotopic (exact) mass is 283 g/mol. The summed E-state index contributed by atoms with van der Waals surface area (Å²) in [5, 5.41) is 2.15. The molecule has 0 atom stereocenters. The molecule has 1 heterocycles. The Morgan fingerprint density at radius 1 is 1.44 bits per heavy atom. The van der Waals surface area contributed by atoms with Crippen LogP contribution in [0.2, 0.25) is 0 Å². The van der Waals surface area contributed by atoms with E-state index in [0.717, 1.165) is 10.6 Å². The van der Waals surface area contributed by atoms with Gasteiger partial charge in [-0.15, -0.1) is 23.1 Å². The van der Waals surface area contributed by atoms with Crippen molar-refractivity contribution >= 4 is 29.0 Å². The van der Waals surface area contributed by atoms with Gasteiger partial charge < -0.3 is 0 Å². The standard InChI is InChI=1S/C11H10FN3OS2/c12-7-1-3-9(4-2-7)17-5-8-6-18-11(14-8)10(16)15-13/h1-4,6H,5,13H2,(H,15,16). The van der Waals surface area contributed by atoms with E-state index in [4.69, 9.17) is 5.84 Å². The second-order valence-corrected chi connectivity index (χ2v) is 5.27. The number of halogens is 1. The minimum absolute atomic E-state index is 0.255. The van der Waals surface area contributed by atoms with Crippen LogP contribution < -0.4 is 11.3 Å². The van der Waals surface area contributed by atoms with Crippen LogP contribution in [0, 0.1) is 5.82 Å². The topological polar surface area (TPSA) is 68.0 Å². The molecule has 3 N–H and O–H groups in total. The quantitative estimate of drug-likeness (QED) is 0.390. The minimum atomic E-state index is -0.391. The first-order chi connectivity index (χ1) is 8.69. The highest BCUT2D eigenvalue weighted by molar-refractivity contribution is 7.98. The van der Waals surface area contributed by atoms with E-state index >= 15 is 0 Å². The molecule has 0 spiro atoms. The van der Waals surface area contributed by atoms with Gasteiger partial charge >= 0.3 is 0 Å². The first-order valence-electron chi connectivity index (χ1n) is 5.03. The van der Waals surface area contributed by atoms with Crippen LogP contribution in [0.3, 0.4) is 0 Å². The Kier molecular flexibility index (Phi) is 4.29. The second kappa shape index (κ2) is 5.94. The van der Waals surface area contributed by atoms with E-state index < -0.39 is 5.91 Å². The first kappa shape index (κ1) is 13.0. The smallest absolute Gasteiger partial charge is 0.288 e. The summed E-state index contributed by atoms with van der Waals surface area (Å²) >= 11 is 2.77. The molecule has 0 saturated carbocycles. The van der Waals surface area contributed by atoms with Gasteiger partial charge in [-0.3, -0.25) is 10.2 Å². The van der Waals surface area contributed by atoms with Crippen molar-refractivity contribution in [3.8, 4) is 0 Å². The van der Waals surface area contributed by atoms with Crippen molar-refractivity contribution in [3.05, 3.63) is 46.2 Å². The lowest BCUT2D eigenvalue weighted by Crippen LogP contribution is -2.29. The molecule has 1 aromatic heterocycles. The van der Waals surface area contributed by atoms with Crippen molar-refractivity contribution in [2.24, 2.45) is 5.84 Å². The molecular formula is C11H10FN3OS2. The number of thiazole rings is 1.